The summed E-state index contributed by atoms with van der Waals surface area (Å²) in [5.41, 5.74) is 3.55. The van der Waals surface area contributed by atoms with Crippen LogP contribution in [0.4, 0.5) is 0 Å². The first-order chi connectivity index (χ1) is 14.0. The van der Waals surface area contributed by atoms with Gasteiger partial charge in [0, 0.05) is 28.7 Å². The Morgan fingerprint density at radius 2 is 1.14 bits per heavy atom. The third-order valence-electron chi connectivity index (χ3n) is 3.24. The Morgan fingerprint density at radius 1 is 0.655 bits per heavy atom. The van der Waals surface area contributed by atoms with E-state index in [-0.39, 0.29) is 0 Å². The van der Waals surface area contributed by atoms with Gasteiger partial charge >= 0.3 is 0 Å². The number of hydrogen-bond acceptors (Lipinski definition) is 3. The molecule has 0 aliphatic carbocycles. The SMILES string of the molecule is CC.CC.Cc1cnc(C)[nH]1.Cc1cnc(C)[nH]1.c1ccc(-c2cccs2)cc1. The highest BCUT2D eigenvalue weighted by Crippen LogP contribution is 2.23. The minimum absolute atomic E-state index is 0.984. The first-order valence-electron chi connectivity index (χ1n) is 10.1. The molecule has 4 rings (SSSR count). The van der Waals surface area contributed by atoms with E-state index in [1.807, 2.05) is 73.8 Å². The fraction of sp³-hybridized carbons (Fsp3) is 0.333. The fourth-order valence-corrected chi connectivity index (χ4v) is 2.87. The van der Waals surface area contributed by atoms with Crippen molar-refractivity contribution in [2.75, 3.05) is 0 Å². The normalized spacial score (nSPS) is 8.69. The number of nitrogens with zero attached hydrogens (tertiary/aromatic N) is 2. The Hall–Kier alpha value is -2.66. The first kappa shape index (κ1) is 26.3. The van der Waals surface area contributed by atoms with Crippen molar-refractivity contribution in [1.82, 2.24) is 19.9 Å². The topological polar surface area (TPSA) is 57.4 Å². The van der Waals surface area contributed by atoms with Crippen LogP contribution >= 0.6 is 11.3 Å². The van der Waals surface area contributed by atoms with Crippen LogP contribution in [-0.4, -0.2) is 19.9 Å². The number of aromatic amines is 2. The molecule has 0 spiro atoms. The Kier molecular flexibility index (Phi) is 14.8. The molecule has 0 aliphatic heterocycles. The lowest BCUT2D eigenvalue weighted by Gasteiger charge is -1.93. The third kappa shape index (κ3) is 11.7. The van der Waals surface area contributed by atoms with Crippen LogP contribution in [0.2, 0.25) is 0 Å². The lowest BCUT2D eigenvalue weighted by atomic mass is 10.2. The summed E-state index contributed by atoms with van der Waals surface area (Å²) < 4.78 is 0. The highest BCUT2D eigenvalue weighted by molar-refractivity contribution is 7.13. The molecule has 1 aromatic carbocycles. The van der Waals surface area contributed by atoms with Gasteiger partial charge in [0.05, 0.1) is 0 Å². The van der Waals surface area contributed by atoms with Crippen LogP contribution in [0, 0.1) is 27.7 Å². The fourth-order valence-electron chi connectivity index (χ4n) is 2.13. The van der Waals surface area contributed by atoms with Gasteiger partial charge < -0.3 is 9.97 Å². The van der Waals surface area contributed by atoms with E-state index in [0.717, 1.165) is 23.0 Å². The second kappa shape index (κ2) is 16.3. The predicted octanol–water partition coefficient (Wildman–Crippen LogP) is 7.52. The first-order valence-corrected chi connectivity index (χ1v) is 11.0. The molecule has 5 heteroatoms. The van der Waals surface area contributed by atoms with Crippen molar-refractivity contribution in [2.45, 2.75) is 55.4 Å². The molecule has 0 unspecified atom stereocenters. The second-order valence-electron chi connectivity index (χ2n) is 5.65. The minimum Gasteiger partial charge on any atom is -0.346 e. The Morgan fingerprint density at radius 3 is 1.41 bits per heavy atom. The molecule has 0 radical (unpaired) electrons. The number of benzene rings is 1. The zero-order chi connectivity index (χ0) is 22.1. The molecule has 4 aromatic rings. The molecule has 0 saturated carbocycles. The maximum atomic E-state index is 3.96. The molecule has 0 amide bonds. The molecule has 29 heavy (non-hydrogen) atoms. The largest absolute Gasteiger partial charge is 0.346 e. The maximum absolute atomic E-state index is 3.96. The van der Waals surface area contributed by atoms with Gasteiger partial charge in [0.1, 0.15) is 11.6 Å². The van der Waals surface area contributed by atoms with Gasteiger partial charge in [-0.25, -0.2) is 9.97 Å². The molecule has 4 nitrogen and oxygen atoms in total. The van der Waals surface area contributed by atoms with E-state index in [4.69, 9.17) is 0 Å². The number of imidazole rings is 2. The van der Waals surface area contributed by atoms with E-state index < -0.39 is 0 Å². The molecular formula is C24H36N4S. The van der Waals surface area contributed by atoms with E-state index in [2.05, 4.69) is 61.7 Å². The highest BCUT2D eigenvalue weighted by atomic mass is 32.1. The molecule has 2 N–H and O–H groups in total. The average molecular weight is 413 g/mol. The van der Waals surface area contributed by atoms with Gasteiger partial charge in [0.25, 0.3) is 0 Å². The lowest BCUT2D eigenvalue weighted by Crippen LogP contribution is -1.70. The second-order valence-corrected chi connectivity index (χ2v) is 6.59. The molecule has 158 valence electrons. The summed E-state index contributed by atoms with van der Waals surface area (Å²) in [4.78, 5) is 15.3. The highest BCUT2D eigenvalue weighted by Gasteiger charge is 1.94. The smallest absolute Gasteiger partial charge is 0.103 e. The van der Waals surface area contributed by atoms with Crippen molar-refractivity contribution in [1.29, 1.82) is 0 Å². The predicted molar refractivity (Wildman–Crippen MR) is 129 cm³/mol. The molecule has 0 atom stereocenters. The van der Waals surface area contributed by atoms with Crippen LogP contribution in [-0.2, 0) is 0 Å². The molecule has 3 heterocycles. The number of nitrogens with one attached hydrogen (secondary N) is 2. The molecule has 0 fully saturated rings. The van der Waals surface area contributed by atoms with Crippen molar-refractivity contribution >= 4 is 11.3 Å². The summed E-state index contributed by atoms with van der Waals surface area (Å²) in [6.07, 6.45) is 3.63. The summed E-state index contributed by atoms with van der Waals surface area (Å²) in [5.74, 6) is 1.97. The van der Waals surface area contributed by atoms with Crippen molar-refractivity contribution in [3.8, 4) is 10.4 Å². The number of H-pyrrole nitrogens is 2. The van der Waals surface area contributed by atoms with Gasteiger partial charge in [-0.15, -0.1) is 11.3 Å². The van der Waals surface area contributed by atoms with E-state index in [9.17, 15) is 0 Å². The molecule has 0 aliphatic rings. The average Bonchev–Trinajstić information content (AvgIpc) is 3.50. The third-order valence-corrected chi connectivity index (χ3v) is 4.16. The van der Waals surface area contributed by atoms with Crippen LogP contribution in [0.25, 0.3) is 10.4 Å². The Balaban J connectivity index is 0.000000386. The van der Waals surface area contributed by atoms with E-state index >= 15 is 0 Å². The molecule has 0 saturated heterocycles. The molecule has 3 aromatic heterocycles. The van der Waals surface area contributed by atoms with Crippen molar-refractivity contribution in [3.63, 3.8) is 0 Å². The number of hydrogen-bond donors (Lipinski definition) is 2. The zero-order valence-corrected chi connectivity index (χ0v) is 19.9. The number of aryl methyl sites for hydroxylation is 4. The van der Waals surface area contributed by atoms with Gasteiger partial charge in [-0.2, -0.15) is 0 Å². The van der Waals surface area contributed by atoms with Crippen LogP contribution in [0.15, 0.2) is 60.2 Å². The van der Waals surface area contributed by atoms with Crippen molar-refractivity contribution < 1.29 is 0 Å². The Bertz CT molecular complexity index is 775. The molecular weight excluding hydrogens is 376 g/mol. The monoisotopic (exact) mass is 412 g/mol. The van der Waals surface area contributed by atoms with Gasteiger partial charge in [-0.1, -0.05) is 64.1 Å². The van der Waals surface area contributed by atoms with Gasteiger partial charge in [0.15, 0.2) is 0 Å². The van der Waals surface area contributed by atoms with E-state index in [1.165, 1.54) is 10.4 Å². The zero-order valence-electron chi connectivity index (χ0n) is 19.1. The van der Waals surface area contributed by atoms with Gasteiger partial charge in [-0.3, -0.25) is 0 Å². The summed E-state index contributed by atoms with van der Waals surface area (Å²) >= 11 is 1.78. The minimum atomic E-state index is 0.984. The van der Waals surface area contributed by atoms with Crippen LogP contribution in [0.3, 0.4) is 0 Å². The number of rotatable bonds is 1. The summed E-state index contributed by atoms with van der Waals surface area (Å²) in [6, 6.07) is 14.6. The summed E-state index contributed by atoms with van der Waals surface area (Å²) in [7, 11) is 0. The lowest BCUT2D eigenvalue weighted by molar-refractivity contribution is 1.13. The van der Waals surface area contributed by atoms with Crippen LogP contribution in [0.5, 0.6) is 0 Å². The van der Waals surface area contributed by atoms with E-state index in [1.54, 1.807) is 11.3 Å². The van der Waals surface area contributed by atoms with E-state index in [0.29, 0.717) is 0 Å². The van der Waals surface area contributed by atoms with Crippen molar-refractivity contribution in [2.24, 2.45) is 0 Å². The summed E-state index contributed by atoms with van der Waals surface area (Å²) in [6.45, 7) is 15.8. The summed E-state index contributed by atoms with van der Waals surface area (Å²) in [5, 5.41) is 2.10. The number of thiophene rings is 1. The number of aromatic nitrogens is 4. The van der Waals surface area contributed by atoms with Crippen LogP contribution in [0.1, 0.15) is 50.7 Å². The standard InChI is InChI=1S/C10H8S.2C5H8N2.2C2H6/c1-2-5-9(6-3-1)10-7-4-8-11-10;2*1-4-3-6-5(2)7-4;2*1-2/h1-8H;2*3H,1-2H3,(H,6,7);2*1-2H3. The van der Waals surface area contributed by atoms with Crippen molar-refractivity contribution in [3.05, 3.63) is 83.3 Å². The van der Waals surface area contributed by atoms with Gasteiger partial charge in [-0.05, 0) is 44.7 Å². The van der Waals surface area contributed by atoms with Crippen LogP contribution < -0.4 is 0 Å². The van der Waals surface area contributed by atoms with Gasteiger partial charge in [0.2, 0.25) is 0 Å². The maximum Gasteiger partial charge on any atom is 0.103 e. The Labute approximate surface area is 180 Å². The quantitative estimate of drug-likeness (QED) is 0.339. The molecule has 0 bridgehead atoms.